The number of rotatable bonds is 6. The van der Waals surface area contributed by atoms with Crippen molar-refractivity contribution in [1.29, 1.82) is 0 Å². The van der Waals surface area contributed by atoms with E-state index in [1.165, 1.54) is 0 Å². The van der Waals surface area contributed by atoms with Crippen LogP contribution in [0.1, 0.15) is 62.1 Å². The van der Waals surface area contributed by atoms with E-state index in [2.05, 4.69) is 0 Å². The van der Waals surface area contributed by atoms with E-state index in [0.29, 0.717) is 12.1 Å². The van der Waals surface area contributed by atoms with Crippen LogP contribution in [0.4, 0.5) is 0 Å². The first kappa shape index (κ1) is 19.8. The predicted molar refractivity (Wildman–Crippen MR) is 69.9 cm³/mol. The van der Waals surface area contributed by atoms with E-state index in [9.17, 15) is 59.4 Å². The molecule has 0 unspecified atom stereocenters. The van der Waals surface area contributed by atoms with Crippen LogP contribution in [0.15, 0.2) is 12.1 Å². The maximum absolute atomic E-state index is 11.5. The molecule has 2 rings (SSSR count). The maximum atomic E-state index is 11.5. The summed E-state index contributed by atoms with van der Waals surface area (Å²) in [5.41, 5.74) is -9.31. The van der Waals surface area contributed by atoms with E-state index in [0.717, 1.165) is 0 Å². The van der Waals surface area contributed by atoms with Crippen LogP contribution in [0.5, 0.6) is 0 Å². The molecule has 0 saturated heterocycles. The summed E-state index contributed by atoms with van der Waals surface area (Å²) in [6.07, 6.45) is 0. The van der Waals surface area contributed by atoms with Crippen molar-refractivity contribution in [3.05, 3.63) is 45.5 Å². The fourth-order valence-corrected chi connectivity index (χ4v) is 2.78. The zero-order valence-corrected chi connectivity index (χ0v) is 13.1. The molecule has 12 heteroatoms. The first-order valence-corrected chi connectivity index (χ1v) is 6.86. The minimum absolute atomic E-state index is 0.464. The number of carbonyl (C=O) groups excluding carboxylic acids is 6. The predicted octanol–water partition coefficient (Wildman–Crippen LogP) is -6.98. The van der Waals surface area contributed by atoms with Crippen molar-refractivity contribution in [3.63, 3.8) is 0 Å². The van der Waals surface area contributed by atoms with Gasteiger partial charge in [0.05, 0.1) is 35.8 Å². The van der Waals surface area contributed by atoms with Gasteiger partial charge >= 0.3 is 0 Å². The van der Waals surface area contributed by atoms with Gasteiger partial charge in [-0.3, -0.25) is 0 Å². The maximum Gasteiger partial charge on any atom is 0.0729 e. The van der Waals surface area contributed by atoms with Crippen molar-refractivity contribution in [1.82, 2.24) is 0 Å². The van der Waals surface area contributed by atoms with Crippen molar-refractivity contribution in [2.45, 2.75) is 0 Å². The Bertz CT molecular complexity index is 1040. The second-order valence-corrected chi connectivity index (χ2v) is 5.14. The van der Waals surface area contributed by atoms with Gasteiger partial charge < -0.3 is 59.4 Å². The highest BCUT2D eigenvalue weighted by molar-refractivity contribution is 6.27. The van der Waals surface area contributed by atoms with E-state index in [1.54, 1.807) is 0 Å². The van der Waals surface area contributed by atoms with Gasteiger partial charge in [-0.2, -0.15) is 0 Å². The molecule has 2 aromatic rings. The van der Waals surface area contributed by atoms with Crippen molar-refractivity contribution in [3.8, 4) is 0 Å². The van der Waals surface area contributed by atoms with Gasteiger partial charge in [0, 0.05) is 44.2 Å². The average Bonchev–Trinajstić information content (AvgIpc) is 2.57. The third-order valence-electron chi connectivity index (χ3n) is 3.71. The molecule has 0 bridgehead atoms. The number of hydrogen-bond donors (Lipinski definition) is 0. The highest BCUT2D eigenvalue weighted by Gasteiger charge is 2.26. The van der Waals surface area contributed by atoms with Gasteiger partial charge in [-0.1, -0.05) is 12.1 Å². The third kappa shape index (κ3) is 2.84. The Kier molecular flexibility index (Phi) is 4.73. The molecule has 0 heterocycles. The summed E-state index contributed by atoms with van der Waals surface area (Å²) in [5, 5.41) is 65.8. The zero-order valence-electron chi connectivity index (χ0n) is 13.1. The van der Waals surface area contributed by atoms with E-state index in [1.807, 2.05) is 0 Å². The van der Waals surface area contributed by atoms with Crippen molar-refractivity contribution >= 4 is 46.6 Å². The Hall–Kier alpha value is -4.48. The van der Waals surface area contributed by atoms with Crippen LogP contribution in [0.2, 0.25) is 0 Å². The summed E-state index contributed by atoms with van der Waals surface area (Å²) in [6.45, 7) is 0. The molecule has 0 fully saturated rings. The van der Waals surface area contributed by atoms with Gasteiger partial charge in [0.2, 0.25) is 0 Å². The summed E-state index contributed by atoms with van der Waals surface area (Å²) >= 11 is 0. The molecule has 0 aromatic heterocycles. The fraction of sp³-hybridized carbons (Fsp3) is 0. The average molecular weight is 386 g/mol. The highest BCUT2D eigenvalue weighted by atomic mass is 16.4. The van der Waals surface area contributed by atoms with Crippen molar-refractivity contribution in [2.75, 3.05) is 0 Å². The van der Waals surface area contributed by atoms with Crippen molar-refractivity contribution < 1.29 is 59.4 Å². The van der Waals surface area contributed by atoms with Crippen LogP contribution in [-0.4, -0.2) is 35.8 Å². The largest absolute Gasteiger partial charge is 0.545 e. The molecule has 0 aliphatic heterocycles. The molecule has 0 aliphatic rings. The van der Waals surface area contributed by atoms with Crippen LogP contribution in [-0.2, 0) is 0 Å². The van der Waals surface area contributed by atoms with Crippen LogP contribution in [0.25, 0.3) is 10.8 Å². The lowest BCUT2D eigenvalue weighted by Gasteiger charge is -2.27. The standard InChI is InChI=1S/C16H8O12/c17-11(18)3-1-2-4(12(19)20)6-5(3)7(13(21)22)9(15(25)26)10(16(27)28)8(6)14(23)24/h1-2H,(H,17,18)(H,19,20)(H,21,22)(H,23,24)(H,25,26)(H,27,28)/p-6. The molecule has 0 saturated carbocycles. The highest BCUT2D eigenvalue weighted by Crippen LogP contribution is 2.34. The fourth-order valence-electron chi connectivity index (χ4n) is 2.78. The molecule has 2 aromatic carbocycles. The van der Waals surface area contributed by atoms with E-state index in [4.69, 9.17) is 0 Å². The van der Waals surface area contributed by atoms with Gasteiger partial charge in [0.1, 0.15) is 0 Å². The minimum Gasteiger partial charge on any atom is -0.545 e. The Morgan fingerprint density at radius 1 is 0.429 bits per heavy atom. The molecule has 0 amide bonds. The molecule has 0 spiro atoms. The molecule has 0 N–H and O–H groups in total. The minimum atomic E-state index is -2.55. The number of fused-ring (bicyclic) bond motifs is 1. The number of aromatic carboxylic acids is 6. The molecular weight excluding hydrogens is 384 g/mol. The van der Waals surface area contributed by atoms with Crippen LogP contribution in [0, 0.1) is 0 Å². The lowest BCUT2D eigenvalue weighted by molar-refractivity contribution is -0.262. The normalized spacial score (nSPS) is 10.4. The second kappa shape index (κ2) is 6.68. The Morgan fingerprint density at radius 3 is 0.857 bits per heavy atom. The third-order valence-corrected chi connectivity index (χ3v) is 3.71. The van der Waals surface area contributed by atoms with Gasteiger partial charge in [-0.05, 0) is 0 Å². The molecule has 0 atom stereocenters. The van der Waals surface area contributed by atoms with Gasteiger partial charge in [0.15, 0.2) is 0 Å². The summed E-state index contributed by atoms with van der Waals surface area (Å²) in [6, 6.07) is 0.929. The quantitative estimate of drug-likeness (QED) is 0.449. The van der Waals surface area contributed by atoms with E-state index >= 15 is 0 Å². The smallest absolute Gasteiger partial charge is 0.0729 e. The monoisotopic (exact) mass is 386 g/mol. The number of carboxylic acids is 6. The Labute approximate surface area is 152 Å². The van der Waals surface area contributed by atoms with Gasteiger partial charge in [-0.25, -0.2) is 0 Å². The van der Waals surface area contributed by atoms with Crippen LogP contribution in [0.3, 0.4) is 0 Å². The molecule has 28 heavy (non-hydrogen) atoms. The lowest BCUT2D eigenvalue weighted by atomic mass is 9.84. The van der Waals surface area contributed by atoms with Gasteiger partial charge in [-0.15, -0.1) is 0 Å². The molecule has 0 aliphatic carbocycles. The number of carbonyl (C=O) groups is 6. The summed E-state index contributed by atoms with van der Waals surface area (Å²) in [7, 11) is 0. The first-order valence-electron chi connectivity index (χ1n) is 6.86. The van der Waals surface area contributed by atoms with Gasteiger partial charge in [0.25, 0.3) is 0 Å². The van der Waals surface area contributed by atoms with Crippen LogP contribution >= 0.6 is 0 Å². The van der Waals surface area contributed by atoms with E-state index < -0.39 is 80.0 Å². The zero-order chi connectivity index (χ0) is 21.5. The topological polar surface area (TPSA) is 241 Å². The second-order valence-electron chi connectivity index (χ2n) is 5.14. The molecular formula is C16H2O12-6. The van der Waals surface area contributed by atoms with Crippen molar-refractivity contribution in [2.24, 2.45) is 0 Å². The number of carboxylic acid groups (broad SMARTS) is 6. The summed E-state index contributed by atoms with van der Waals surface area (Å²) in [5.74, 6) is -14.4. The lowest BCUT2D eigenvalue weighted by Crippen LogP contribution is -2.39. The first-order chi connectivity index (χ1) is 12.9. The Balaban J connectivity index is 3.54. The number of hydrogen-bond acceptors (Lipinski definition) is 12. The molecule has 144 valence electrons. The SMILES string of the molecule is O=C([O-])c1c(C(=O)[O-])c(C(=O)[O-])c2c(C(=O)[O-])ccc(C(=O)[O-])c2c1C(=O)[O-]. The molecule has 0 radical (unpaired) electrons. The molecule has 12 nitrogen and oxygen atoms in total. The number of benzene rings is 2. The summed E-state index contributed by atoms with van der Waals surface area (Å²) in [4.78, 5) is 68.4. The summed E-state index contributed by atoms with van der Waals surface area (Å²) < 4.78 is 0. The van der Waals surface area contributed by atoms with Crippen LogP contribution < -0.4 is 30.6 Å². The Morgan fingerprint density at radius 2 is 0.679 bits per heavy atom. The van der Waals surface area contributed by atoms with E-state index in [-0.39, 0.29) is 0 Å².